The number of carboxylic acid groups (broad SMARTS) is 1. The molecule has 1 unspecified atom stereocenters. The minimum absolute atomic E-state index is 0.126. The Hall–Kier alpha value is -0.910. The van der Waals surface area contributed by atoms with Gasteiger partial charge in [-0.15, -0.1) is 0 Å². The van der Waals surface area contributed by atoms with E-state index < -0.39 is 23.2 Å². The molecule has 0 rings (SSSR count). The van der Waals surface area contributed by atoms with E-state index >= 15 is 0 Å². The quantitative estimate of drug-likeness (QED) is 0.780. The number of carbonyl (C=O) groups is 2. The van der Waals surface area contributed by atoms with E-state index in [0.29, 0.717) is 5.75 Å². The molecule has 0 aromatic carbocycles. The van der Waals surface area contributed by atoms with Crippen LogP contribution >= 0.6 is 11.8 Å². The number of alkyl carbamates (subject to hydrolysis) is 1. The van der Waals surface area contributed by atoms with Gasteiger partial charge in [-0.2, -0.15) is 11.8 Å². The van der Waals surface area contributed by atoms with Crippen LogP contribution < -0.4 is 5.32 Å². The molecule has 6 heteroatoms. The number of thioether (sulfide) groups is 1. The summed E-state index contributed by atoms with van der Waals surface area (Å²) in [5.74, 6) is 0.463. The Kier molecular flexibility index (Phi) is 6.52. The van der Waals surface area contributed by atoms with Gasteiger partial charge in [-0.05, 0) is 33.4 Å². The van der Waals surface area contributed by atoms with Crippen LogP contribution in [0, 0.1) is 0 Å². The molecule has 1 atom stereocenters. The number of carboxylic acids is 1. The lowest BCUT2D eigenvalue weighted by Gasteiger charge is -2.30. The van der Waals surface area contributed by atoms with Gasteiger partial charge < -0.3 is 15.2 Å². The average molecular weight is 277 g/mol. The van der Waals surface area contributed by atoms with Gasteiger partial charge in [-0.25, -0.2) is 4.79 Å². The molecule has 0 fully saturated rings. The molecule has 5 nitrogen and oxygen atoms in total. The molecule has 0 radical (unpaired) electrons. The highest BCUT2D eigenvalue weighted by Gasteiger charge is 2.31. The topological polar surface area (TPSA) is 75.6 Å². The van der Waals surface area contributed by atoms with E-state index in [4.69, 9.17) is 9.84 Å². The summed E-state index contributed by atoms with van der Waals surface area (Å²) in [4.78, 5) is 22.5. The predicted octanol–water partition coefficient (Wildman–Crippen LogP) is 2.50. The lowest BCUT2D eigenvalue weighted by molar-refractivity contribution is -0.138. The Morgan fingerprint density at radius 1 is 1.28 bits per heavy atom. The van der Waals surface area contributed by atoms with Crippen molar-refractivity contribution in [2.24, 2.45) is 0 Å². The van der Waals surface area contributed by atoms with Crippen LogP contribution in [0.4, 0.5) is 4.79 Å². The number of amides is 1. The first-order valence-electron chi connectivity index (χ1n) is 5.89. The molecule has 0 bridgehead atoms. The molecule has 106 valence electrons. The van der Waals surface area contributed by atoms with E-state index in [9.17, 15) is 9.59 Å². The van der Waals surface area contributed by atoms with Crippen molar-refractivity contribution in [2.45, 2.75) is 52.2 Å². The molecule has 1 amide bonds. The van der Waals surface area contributed by atoms with Gasteiger partial charge in [0.15, 0.2) is 0 Å². The first-order valence-corrected chi connectivity index (χ1v) is 7.04. The summed E-state index contributed by atoms with van der Waals surface area (Å²) >= 11 is 1.58. The van der Waals surface area contributed by atoms with Crippen LogP contribution in [0.3, 0.4) is 0 Å². The van der Waals surface area contributed by atoms with E-state index in [2.05, 4.69) is 5.32 Å². The smallest absolute Gasteiger partial charge is 0.408 e. The van der Waals surface area contributed by atoms with Gasteiger partial charge in [-0.1, -0.05) is 6.92 Å². The van der Waals surface area contributed by atoms with E-state index in [1.807, 2.05) is 6.92 Å². The monoisotopic (exact) mass is 277 g/mol. The average Bonchev–Trinajstić information content (AvgIpc) is 2.09. The van der Waals surface area contributed by atoms with Crippen LogP contribution in [0.2, 0.25) is 0 Å². The fourth-order valence-corrected chi connectivity index (χ4v) is 2.17. The highest BCUT2D eigenvalue weighted by Crippen LogP contribution is 2.18. The molecule has 0 heterocycles. The van der Waals surface area contributed by atoms with Crippen molar-refractivity contribution in [2.75, 3.05) is 11.5 Å². The first-order chi connectivity index (χ1) is 8.08. The zero-order valence-corrected chi connectivity index (χ0v) is 12.5. The second-order valence-corrected chi connectivity index (χ2v) is 6.67. The maximum atomic E-state index is 11.7. The maximum Gasteiger partial charge on any atom is 0.408 e. The zero-order chi connectivity index (χ0) is 14.4. The van der Waals surface area contributed by atoms with Crippen molar-refractivity contribution >= 4 is 23.8 Å². The predicted molar refractivity (Wildman–Crippen MR) is 73.0 cm³/mol. The summed E-state index contributed by atoms with van der Waals surface area (Å²) in [6, 6.07) is 0. The second-order valence-electron chi connectivity index (χ2n) is 5.40. The molecule has 0 spiro atoms. The second kappa shape index (κ2) is 6.87. The number of rotatable bonds is 6. The number of nitrogens with one attached hydrogen (secondary N) is 1. The maximum absolute atomic E-state index is 11.7. The third kappa shape index (κ3) is 8.22. The molecule has 0 saturated heterocycles. The van der Waals surface area contributed by atoms with Crippen LogP contribution in [-0.4, -0.2) is 39.8 Å². The summed E-state index contributed by atoms with van der Waals surface area (Å²) in [6.07, 6.45) is -0.706. The number of aliphatic carboxylic acids is 1. The van der Waals surface area contributed by atoms with E-state index in [-0.39, 0.29) is 6.42 Å². The molecular formula is C12H23NO4S. The zero-order valence-electron chi connectivity index (χ0n) is 11.7. The van der Waals surface area contributed by atoms with Crippen molar-refractivity contribution < 1.29 is 19.4 Å². The minimum atomic E-state index is -0.940. The first kappa shape index (κ1) is 17.1. The number of hydrogen-bond donors (Lipinski definition) is 2. The van der Waals surface area contributed by atoms with Crippen molar-refractivity contribution in [3.05, 3.63) is 0 Å². The lowest BCUT2D eigenvalue weighted by Crippen LogP contribution is -2.51. The van der Waals surface area contributed by atoms with Gasteiger partial charge in [-0.3, -0.25) is 4.79 Å². The van der Waals surface area contributed by atoms with E-state index in [1.165, 1.54) is 0 Å². The fourth-order valence-electron chi connectivity index (χ4n) is 1.34. The highest BCUT2D eigenvalue weighted by molar-refractivity contribution is 7.99. The Morgan fingerprint density at radius 2 is 1.83 bits per heavy atom. The summed E-state index contributed by atoms with van der Waals surface area (Å²) in [6.45, 7) is 9.00. The fraction of sp³-hybridized carbons (Fsp3) is 0.833. The summed E-state index contributed by atoms with van der Waals surface area (Å²) < 4.78 is 5.14. The molecule has 0 aliphatic rings. The van der Waals surface area contributed by atoms with Gasteiger partial charge in [0.05, 0.1) is 12.0 Å². The van der Waals surface area contributed by atoms with Crippen LogP contribution in [-0.2, 0) is 9.53 Å². The molecule has 0 aliphatic heterocycles. The molecule has 0 aromatic heterocycles. The van der Waals surface area contributed by atoms with Gasteiger partial charge in [0.2, 0.25) is 0 Å². The number of carbonyl (C=O) groups excluding carboxylic acids is 1. The summed E-state index contributed by atoms with van der Waals surface area (Å²) in [5, 5.41) is 11.5. The third-order valence-electron chi connectivity index (χ3n) is 1.97. The minimum Gasteiger partial charge on any atom is -0.481 e. The Labute approximate surface area is 113 Å². The Bertz CT molecular complexity index is 301. The van der Waals surface area contributed by atoms with Crippen LogP contribution in [0.15, 0.2) is 0 Å². The number of ether oxygens (including phenoxy) is 1. The van der Waals surface area contributed by atoms with E-state index in [0.717, 1.165) is 5.75 Å². The SMILES string of the molecule is CCSCC(C)(CC(=O)O)NC(=O)OC(C)(C)C. The molecule has 0 saturated carbocycles. The van der Waals surface area contributed by atoms with Crippen molar-refractivity contribution in [1.82, 2.24) is 5.32 Å². The molecule has 18 heavy (non-hydrogen) atoms. The largest absolute Gasteiger partial charge is 0.481 e. The van der Waals surface area contributed by atoms with Crippen LogP contribution in [0.1, 0.15) is 41.0 Å². The highest BCUT2D eigenvalue weighted by atomic mass is 32.2. The molecular weight excluding hydrogens is 254 g/mol. The summed E-state index contributed by atoms with van der Waals surface area (Å²) in [5.41, 5.74) is -1.39. The van der Waals surface area contributed by atoms with Crippen molar-refractivity contribution in [3.8, 4) is 0 Å². The normalized spacial score (nSPS) is 14.7. The van der Waals surface area contributed by atoms with E-state index in [1.54, 1.807) is 39.5 Å². The van der Waals surface area contributed by atoms with Crippen molar-refractivity contribution in [1.29, 1.82) is 0 Å². The van der Waals surface area contributed by atoms with Crippen LogP contribution in [0.25, 0.3) is 0 Å². The summed E-state index contributed by atoms with van der Waals surface area (Å²) in [7, 11) is 0. The van der Waals surface area contributed by atoms with Gasteiger partial charge in [0.1, 0.15) is 5.60 Å². The molecule has 0 aliphatic carbocycles. The standard InChI is InChI=1S/C12H23NO4S/c1-6-18-8-12(5,7-9(14)15)13-10(16)17-11(2,3)4/h6-8H2,1-5H3,(H,13,16)(H,14,15). The van der Waals surface area contributed by atoms with Crippen molar-refractivity contribution in [3.63, 3.8) is 0 Å². The Morgan fingerprint density at radius 3 is 2.22 bits per heavy atom. The van der Waals surface area contributed by atoms with Crippen LogP contribution in [0.5, 0.6) is 0 Å². The van der Waals surface area contributed by atoms with Gasteiger partial charge in [0.25, 0.3) is 0 Å². The Balaban J connectivity index is 4.57. The molecule has 2 N–H and O–H groups in total. The number of hydrogen-bond acceptors (Lipinski definition) is 4. The third-order valence-corrected chi connectivity index (χ3v) is 3.22. The van der Waals surface area contributed by atoms with Gasteiger partial charge in [0, 0.05) is 5.75 Å². The van der Waals surface area contributed by atoms with Gasteiger partial charge >= 0.3 is 12.1 Å². The lowest BCUT2D eigenvalue weighted by atomic mass is 10.0. The molecule has 0 aromatic rings.